The van der Waals surface area contributed by atoms with Gasteiger partial charge in [-0.15, -0.1) is 0 Å². The molecule has 0 spiro atoms. The van der Waals surface area contributed by atoms with Crippen molar-refractivity contribution in [1.82, 2.24) is 4.90 Å². The third kappa shape index (κ3) is 4.70. The smallest absolute Gasteiger partial charge is 0.323 e. The molecule has 1 heterocycles. The number of hydrogen-bond acceptors (Lipinski definition) is 3. The number of hydrogen-bond donors (Lipinski definition) is 1. The summed E-state index contributed by atoms with van der Waals surface area (Å²) in [5, 5.41) is 9.04. The van der Waals surface area contributed by atoms with Crippen LogP contribution in [0.1, 0.15) is 24.0 Å². The summed E-state index contributed by atoms with van der Waals surface area (Å²) < 4.78 is 5.27. The molecule has 1 fully saturated rings. The average Bonchev–Trinajstić information content (AvgIpc) is 2.51. The fourth-order valence-corrected chi connectivity index (χ4v) is 2.57. The van der Waals surface area contributed by atoms with E-state index in [-0.39, 0.29) is 18.5 Å². The van der Waals surface area contributed by atoms with E-state index < -0.39 is 5.97 Å². The van der Waals surface area contributed by atoms with Crippen molar-refractivity contribution >= 4 is 18.0 Å². The van der Waals surface area contributed by atoms with E-state index in [0.717, 1.165) is 11.1 Å². The van der Waals surface area contributed by atoms with Crippen LogP contribution >= 0.6 is 0 Å². The predicted octanol–water partition coefficient (Wildman–Crippen LogP) is 2.10. The molecule has 2 rings (SSSR count). The normalized spacial score (nSPS) is 15.9. The van der Waals surface area contributed by atoms with Crippen LogP contribution in [0.25, 0.3) is 6.08 Å². The summed E-state index contributed by atoms with van der Waals surface area (Å²) in [4.78, 5) is 24.8. The molecule has 22 heavy (non-hydrogen) atoms. The van der Waals surface area contributed by atoms with Gasteiger partial charge in [-0.25, -0.2) is 0 Å². The molecule has 0 bridgehead atoms. The monoisotopic (exact) mass is 303 g/mol. The molecule has 0 radical (unpaired) electrons. The first-order valence-electron chi connectivity index (χ1n) is 7.41. The van der Waals surface area contributed by atoms with Gasteiger partial charge in [-0.2, -0.15) is 0 Å². The Morgan fingerprint density at radius 2 is 2.09 bits per heavy atom. The van der Waals surface area contributed by atoms with E-state index in [0.29, 0.717) is 26.1 Å². The molecular weight excluding hydrogens is 282 g/mol. The molecule has 0 aromatic heterocycles. The SMILES string of the molecule is Cc1cccc(/C=C/C(=O)N(CC(=O)O)C2CCOCC2)c1. The molecule has 118 valence electrons. The van der Waals surface area contributed by atoms with Crippen LogP contribution in [0.3, 0.4) is 0 Å². The summed E-state index contributed by atoms with van der Waals surface area (Å²) in [6, 6.07) is 7.72. The van der Waals surface area contributed by atoms with Gasteiger partial charge in [0.1, 0.15) is 6.54 Å². The Kier molecular flexibility index (Phi) is 5.72. The number of carboxylic acid groups (broad SMARTS) is 1. The predicted molar refractivity (Wildman–Crippen MR) is 83.4 cm³/mol. The van der Waals surface area contributed by atoms with Crippen LogP contribution in [0, 0.1) is 6.92 Å². The second-order valence-corrected chi connectivity index (χ2v) is 5.45. The number of carbonyl (C=O) groups is 2. The summed E-state index contributed by atoms with van der Waals surface area (Å²) in [7, 11) is 0. The van der Waals surface area contributed by atoms with E-state index in [1.807, 2.05) is 31.2 Å². The molecule has 0 unspecified atom stereocenters. The molecule has 1 amide bonds. The van der Waals surface area contributed by atoms with Crippen LogP contribution in [0.15, 0.2) is 30.3 Å². The zero-order chi connectivity index (χ0) is 15.9. The van der Waals surface area contributed by atoms with Gasteiger partial charge in [-0.05, 0) is 31.4 Å². The lowest BCUT2D eigenvalue weighted by atomic mass is 10.1. The van der Waals surface area contributed by atoms with E-state index in [1.165, 1.54) is 11.0 Å². The molecule has 0 saturated carbocycles. The van der Waals surface area contributed by atoms with Crippen molar-refractivity contribution in [2.24, 2.45) is 0 Å². The third-order valence-corrected chi connectivity index (χ3v) is 3.68. The minimum Gasteiger partial charge on any atom is -0.480 e. The van der Waals surface area contributed by atoms with Crippen LogP contribution in [0.2, 0.25) is 0 Å². The molecule has 1 aliphatic heterocycles. The van der Waals surface area contributed by atoms with Gasteiger partial charge in [0.15, 0.2) is 0 Å². The Labute approximate surface area is 130 Å². The summed E-state index contributed by atoms with van der Waals surface area (Å²) in [6.07, 6.45) is 4.53. The van der Waals surface area contributed by atoms with Crippen LogP contribution in [-0.4, -0.2) is 47.7 Å². The van der Waals surface area contributed by atoms with Gasteiger partial charge in [0.2, 0.25) is 5.91 Å². The number of carbonyl (C=O) groups excluding carboxylic acids is 1. The Balaban J connectivity index is 2.08. The van der Waals surface area contributed by atoms with E-state index in [4.69, 9.17) is 9.84 Å². The highest BCUT2D eigenvalue weighted by molar-refractivity contribution is 5.93. The first-order chi connectivity index (χ1) is 10.6. The zero-order valence-electron chi connectivity index (χ0n) is 12.7. The standard InChI is InChI=1S/C17H21NO4/c1-13-3-2-4-14(11-13)5-6-16(19)18(12-17(20)21)15-7-9-22-10-8-15/h2-6,11,15H,7-10,12H2,1H3,(H,20,21)/b6-5+. The van der Waals surface area contributed by atoms with Gasteiger partial charge in [0.25, 0.3) is 0 Å². The number of aryl methyl sites for hydroxylation is 1. The summed E-state index contributed by atoms with van der Waals surface area (Å²) in [6.45, 7) is 2.84. The lowest BCUT2D eigenvalue weighted by Crippen LogP contribution is -2.45. The van der Waals surface area contributed by atoms with Gasteiger partial charge in [0.05, 0.1) is 0 Å². The van der Waals surface area contributed by atoms with Crippen molar-refractivity contribution in [2.45, 2.75) is 25.8 Å². The molecule has 1 saturated heterocycles. The average molecular weight is 303 g/mol. The van der Waals surface area contributed by atoms with Crippen molar-refractivity contribution in [2.75, 3.05) is 19.8 Å². The summed E-state index contributed by atoms with van der Waals surface area (Å²) in [5.74, 6) is -1.26. The second kappa shape index (κ2) is 7.75. The van der Waals surface area contributed by atoms with Gasteiger partial charge in [-0.1, -0.05) is 29.8 Å². The van der Waals surface area contributed by atoms with Crippen molar-refractivity contribution in [3.05, 3.63) is 41.5 Å². The largest absolute Gasteiger partial charge is 0.480 e. The number of aliphatic carboxylic acids is 1. The van der Waals surface area contributed by atoms with Crippen LogP contribution in [0.5, 0.6) is 0 Å². The fraction of sp³-hybridized carbons (Fsp3) is 0.412. The van der Waals surface area contributed by atoms with Crippen molar-refractivity contribution < 1.29 is 19.4 Å². The molecule has 1 aromatic rings. The van der Waals surface area contributed by atoms with Crippen molar-refractivity contribution in [3.8, 4) is 0 Å². The quantitative estimate of drug-likeness (QED) is 0.846. The van der Waals surface area contributed by atoms with Gasteiger partial charge in [0, 0.05) is 25.3 Å². The minimum absolute atomic E-state index is 0.0699. The van der Waals surface area contributed by atoms with E-state index in [1.54, 1.807) is 6.08 Å². The first kappa shape index (κ1) is 16.2. The van der Waals surface area contributed by atoms with E-state index in [9.17, 15) is 9.59 Å². The maximum Gasteiger partial charge on any atom is 0.323 e. The molecule has 1 aliphatic rings. The molecule has 5 heteroatoms. The Bertz CT molecular complexity index is 562. The van der Waals surface area contributed by atoms with Crippen LogP contribution in [-0.2, 0) is 14.3 Å². The van der Waals surface area contributed by atoms with Crippen molar-refractivity contribution in [1.29, 1.82) is 0 Å². The molecule has 1 N–H and O–H groups in total. The third-order valence-electron chi connectivity index (χ3n) is 3.68. The number of rotatable bonds is 5. The summed E-state index contributed by atoms with van der Waals surface area (Å²) >= 11 is 0. The van der Waals surface area contributed by atoms with Crippen molar-refractivity contribution in [3.63, 3.8) is 0 Å². The van der Waals surface area contributed by atoms with Gasteiger partial charge in [-0.3, -0.25) is 9.59 Å². The lowest BCUT2D eigenvalue weighted by Gasteiger charge is -2.32. The minimum atomic E-state index is -0.996. The van der Waals surface area contributed by atoms with Gasteiger partial charge >= 0.3 is 5.97 Å². The van der Waals surface area contributed by atoms with Crippen LogP contribution in [0.4, 0.5) is 0 Å². The van der Waals surface area contributed by atoms with Crippen LogP contribution < -0.4 is 0 Å². The zero-order valence-corrected chi connectivity index (χ0v) is 12.7. The fourth-order valence-electron chi connectivity index (χ4n) is 2.57. The molecule has 5 nitrogen and oxygen atoms in total. The first-order valence-corrected chi connectivity index (χ1v) is 7.41. The highest BCUT2D eigenvalue weighted by atomic mass is 16.5. The Morgan fingerprint density at radius 3 is 2.73 bits per heavy atom. The number of nitrogens with zero attached hydrogens (tertiary/aromatic N) is 1. The lowest BCUT2D eigenvalue weighted by molar-refractivity contribution is -0.145. The summed E-state index contributed by atoms with van der Waals surface area (Å²) in [5.41, 5.74) is 2.04. The van der Waals surface area contributed by atoms with Gasteiger partial charge < -0.3 is 14.7 Å². The maximum atomic E-state index is 12.4. The number of amides is 1. The highest BCUT2D eigenvalue weighted by Crippen LogP contribution is 2.15. The maximum absolute atomic E-state index is 12.4. The Hall–Kier alpha value is -2.14. The molecule has 0 atom stereocenters. The highest BCUT2D eigenvalue weighted by Gasteiger charge is 2.26. The second-order valence-electron chi connectivity index (χ2n) is 5.45. The molecule has 1 aromatic carbocycles. The number of benzene rings is 1. The molecule has 0 aliphatic carbocycles. The van der Waals surface area contributed by atoms with E-state index in [2.05, 4.69) is 0 Å². The number of ether oxygens (including phenoxy) is 1. The number of carboxylic acids is 1. The van der Waals surface area contributed by atoms with E-state index >= 15 is 0 Å². The Morgan fingerprint density at radius 1 is 1.36 bits per heavy atom. The molecular formula is C17H21NO4. The topological polar surface area (TPSA) is 66.8 Å².